The van der Waals surface area contributed by atoms with Crippen LogP contribution >= 0.6 is 35.4 Å². The molecule has 0 atom stereocenters. The summed E-state index contributed by atoms with van der Waals surface area (Å²) >= 11 is 18.4. The molecular formula is C24H23Cl2FN2O2S. The summed E-state index contributed by atoms with van der Waals surface area (Å²) in [5, 5.41) is 1.18. The van der Waals surface area contributed by atoms with Gasteiger partial charge < -0.3 is 9.64 Å². The Morgan fingerprint density at radius 1 is 1.12 bits per heavy atom. The number of carbonyl (C=O) groups is 1. The molecule has 168 valence electrons. The minimum atomic E-state index is -0.310. The molecule has 0 aromatic heterocycles. The fourth-order valence-corrected chi connectivity index (χ4v) is 5.08. The maximum Gasteiger partial charge on any atom is 0.277 e. The van der Waals surface area contributed by atoms with Gasteiger partial charge in [0.05, 0.1) is 10.0 Å². The number of amides is 1. The Balaban J connectivity index is 1.54. The molecule has 0 unspecified atom stereocenters. The standard InChI is InChI=1S/C24H23Cl2FN2O2S/c1-28-21(23(30)29(24(28)32)18-5-3-2-4-6-18)13-16-11-19(25)22(20(26)12-16)31-14-15-7-9-17(27)10-8-15/h7-13,18H,2-6,14H2,1H3/b21-13-. The fraction of sp³-hybridized carbons (Fsp3) is 0.333. The van der Waals surface area contributed by atoms with Crippen LogP contribution in [0, 0.1) is 5.82 Å². The first-order valence-corrected chi connectivity index (χ1v) is 11.7. The number of hydrogen-bond donors (Lipinski definition) is 0. The second-order valence-electron chi connectivity index (χ2n) is 8.07. The van der Waals surface area contributed by atoms with E-state index in [9.17, 15) is 9.18 Å². The van der Waals surface area contributed by atoms with Crippen molar-refractivity contribution in [1.82, 2.24) is 9.80 Å². The smallest absolute Gasteiger partial charge is 0.277 e. The van der Waals surface area contributed by atoms with E-state index in [-0.39, 0.29) is 24.4 Å². The van der Waals surface area contributed by atoms with E-state index in [1.165, 1.54) is 18.6 Å². The van der Waals surface area contributed by atoms with Crippen LogP contribution in [0.5, 0.6) is 5.75 Å². The van der Waals surface area contributed by atoms with Crippen LogP contribution in [-0.2, 0) is 11.4 Å². The predicted octanol–water partition coefficient (Wildman–Crippen LogP) is 6.44. The average molecular weight is 493 g/mol. The molecule has 8 heteroatoms. The van der Waals surface area contributed by atoms with Gasteiger partial charge in [0.2, 0.25) is 0 Å². The van der Waals surface area contributed by atoms with E-state index in [2.05, 4.69) is 0 Å². The van der Waals surface area contributed by atoms with Crippen molar-refractivity contribution >= 4 is 52.5 Å². The van der Waals surface area contributed by atoms with Gasteiger partial charge in [0.15, 0.2) is 10.9 Å². The Morgan fingerprint density at radius 2 is 1.75 bits per heavy atom. The van der Waals surface area contributed by atoms with Gasteiger partial charge >= 0.3 is 0 Å². The van der Waals surface area contributed by atoms with Crippen molar-refractivity contribution in [2.75, 3.05) is 7.05 Å². The zero-order chi connectivity index (χ0) is 22.8. The van der Waals surface area contributed by atoms with Gasteiger partial charge in [0.25, 0.3) is 5.91 Å². The number of nitrogens with zero attached hydrogens (tertiary/aromatic N) is 2. The van der Waals surface area contributed by atoms with Gasteiger partial charge in [-0.25, -0.2) is 4.39 Å². The zero-order valence-electron chi connectivity index (χ0n) is 17.6. The number of rotatable bonds is 5. The molecule has 1 heterocycles. The van der Waals surface area contributed by atoms with Gasteiger partial charge in [-0.15, -0.1) is 0 Å². The Hall–Kier alpha value is -2.15. The van der Waals surface area contributed by atoms with Gasteiger partial charge in [-0.1, -0.05) is 54.6 Å². The molecule has 4 nitrogen and oxygen atoms in total. The highest BCUT2D eigenvalue weighted by Crippen LogP contribution is 2.37. The number of ether oxygens (including phenoxy) is 1. The monoisotopic (exact) mass is 492 g/mol. The number of halogens is 3. The average Bonchev–Trinajstić information content (AvgIpc) is 2.98. The Bertz CT molecular complexity index is 1050. The number of benzene rings is 2. The molecular weight excluding hydrogens is 470 g/mol. The van der Waals surface area contributed by atoms with Crippen molar-refractivity contribution < 1.29 is 13.9 Å². The van der Waals surface area contributed by atoms with Gasteiger partial charge in [-0.3, -0.25) is 9.69 Å². The number of thiocarbonyl (C=S) groups is 1. The predicted molar refractivity (Wildman–Crippen MR) is 129 cm³/mol. The molecule has 2 aliphatic rings. The van der Waals surface area contributed by atoms with E-state index in [0.717, 1.165) is 31.2 Å². The lowest BCUT2D eigenvalue weighted by Crippen LogP contribution is -2.41. The molecule has 4 rings (SSSR count). The van der Waals surface area contributed by atoms with Crippen molar-refractivity contribution in [2.45, 2.75) is 44.8 Å². The molecule has 1 saturated heterocycles. The molecule has 0 radical (unpaired) electrons. The normalized spacial score (nSPS) is 18.7. The van der Waals surface area contributed by atoms with Crippen LogP contribution in [0.15, 0.2) is 42.1 Å². The van der Waals surface area contributed by atoms with Crippen LogP contribution in [0.2, 0.25) is 10.0 Å². The highest BCUT2D eigenvalue weighted by molar-refractivity contribution is 7.80. The largest absolute Gasteiger partial charge is 0.486 e. The lowest BCUT2D eigenvalue weighted by Gasteiger charge is -2.30. The van der Waals surface area contributed by atoms with Crippen LogP contribution < -0.4 is 4.74 Å². The van der Waals surface area contributed by atoms with Crippen LogP contribution in [0.25, 0.3) is 6.08 Å². The van der Waals surface area contributed by atoms with E-state index in [4.69, 9.17) is 40.2 Å². The van der Waals surface area contributed by atoms with Crippen LogP contribution in [0.3, 0.4) is 0 Å². The summed E-state index contributed by atoms with van der Waals surface area (Å²) in [4.78, 5) is 16.7. The number of likely N-dealkylation sites (N-methyl/N-ethyl adjacent to an activating group) is 1. The van der Waals surface area contributed by atoms with Crippen molar-refractivity contribution in [2.24, 2.45) is 0 Å². The SMILES string of the molecule is CN1C(=S)N(C2CCCCC2)C(=O)/C1=C/c1cc(Cl)c(OCc2ccc(F)cc2)c(Cl)c1. The third-order valence-electron chi connectivity index (χ3n) is 5.85. The van der Waals surface area contributed by atoms with Crippen molar-refractivity contribution in [3.8, 4) is 5.75 Å². The summed E-state index contributed by atoms with van der Waals surface area (Å²) in [7, 11) is 1.80. The lowest BCUT2D eigenvalue weighted by atomic mass is 9.94. The van der Waals surface area contributed by atoms with Crippen molar-refractivity contribution in [1.29, 1.82) is 0 Å². The first-order chi connectivity index (χ1) is 15.3. The van der Waals surface area contributed by atoms with Crippen LogP contribution in [0.4, 0.5) is 4.39 Å². The third-order valence-corrected chi connectivity index (χ3v) is 6.88. The molecule has 1 saturated carbocycles. The summed E-state index contributed by atoms with van der Waals surface area (Å²) in [6.45, 7) is 0.200. The van der Waals surface area contributed by atoms with E-state index >= 15 is 0 Å². The van der Waals surface area contributed by atoms with E-state index in [1.54, 1.807) is 47.2 Å². The molecule has 1 aliphatic carbocycles. The quantitative estimate of drug-likeness (QED) is 0.354. The fourth-order valence-electron chi connectivity index (χ4n) is 4.13. The number of carbonyl (C=O) groups excluding carboxylic acids is 1. The summed E-state index contributed by atoms with van der Waals surface area (Å²) < 4.78 is 18.8. The highest BCUT2D eigenvalue weighted by Gasteiger charge is 2.40. The summed E-state index contributed by atoms with van der Waals surface area (Å²) in [6.07, 6.45) is 7.14. The molecule has 1 aliphatic heterocycles. The molecule has 2 aromatic carbocycles. The Kier molecular flexibility index (Phi) is 7.03. The van der Waals surface area contributed by atoms with Gasteiger partial charge in [0, 0.05) is 13.1 Å². The molecule has 1 amide bonds. The summed E-state index contributed by atoms with van der Waals surface area (Å²) in [5.74, 6) is -0.0614. The van der Waals surface area contributed by atoms with Crippen LogP contribution in [0.1, 0.15) is 43.2 Å². The van der Waals surface area contributed by atoms with Crippen LogP contribution in [-0.4, -0.2) is 33.9 Å². The Labute approximate surface area is 202 Å². The zero-order valence-corrected chi connectivity index (χ0v) is 19.9. The second kappa shape index (κ2) is 9.77. The molecule has 2 aromatic rings. The molecule has 0 N–H and O–H groups in total. The number of hydrogen-bond acceptors (Lipinski definition) is 3. The van der Waals surface area contributed by atoms with E-state index in [1.807, 2.05) is 0 Å². The van der Waals surface area contributed by atoms with E-state index in [0.29, 0.717) is 32.2 Å². The topological polar surface area (TPSA) is 32.8 Å². The minimum Gasteiger partial charge on any atom is -0.486 e. The molecule has 0 bridgehead atoms. The molecule has 32 heavy (non-hydrogen) atoms. The highest BCUT2D eigenvalue weighted by atomic mass is 35.5. The maximum absolute atomic E-state index is 13.2. The maximum atomic E-state index is 13.2. The Morgan fingerprint density at radius 3 is 2.38 bits per heavy atom. The first-order valence-electron chi connectivity index (χ1n) is 10.5. The first kappa shape index (κ1) is 23.0. The molecule has 0 spiro atoms. The molecule has 2 fully saturated rings. The van der Waals surface area contributed by atoms with E-state index < -0.39 is 0 Å². The third kappa shape index (κ3) is 4.77. The van der Waals surface area contributed by atoms with Gasteiger partial charge in [0.1, 0.15) is 18.1 Å². The van der Waals surface area contributed by atoms with Gasteiger partial charge in [-0.05, 0) is 66.5 Å². The summed E-state index contributed by atoms with van der Waals surface area (Å²) in [5.41, 5.74) is 1.96. The second-order valence-corrected chi connectivity index (χ2v) is 9.25. The van der Waals surface area contributed by atoms with Gasteiger partial charge in [-0.2, -0.15) is 0 Å². The van der Waals surface area contributed by atoms with Crippen molar-refractivity contribution in [3.05, 3.63) is 69.1 Å². The van der Waals surface area contributed by atoms with Crippen molar-refractivity contribution in [3.63, 3.8) is 0 Å². The minimum absolute atomic E-state index is 0.0896. The summed E-state index contributed by atoms with van der Waals surface area (Å²) in [6, 6.07) is 9.57. The lowest BCUT2D eigenvalue weighted by molar-refractivity contribution is -0.124.